The third-order valence-corrected chi connectivity index (χ3v) is 10.1. The zero-order chi connectivity index (χ0) is 41.2. The second kappa shape index (κ2) is 22.9. The fourth-order valence-corrected chi connectivity index (χ4v) is 6.92. The van der Waals surface area contributed by atoms with Gasteiger partial charge in [0.2, 0.25) is 41.4 Å². The van der Waals surface area contributed by atoms with E-state index in [2.05, 4.69) is 31.6 Å². The van der Waals surface area contributed by atoms with E-state index in [9.17, 15) is 43.7 Å². The Balaban J connectivity index is 1.98. The molecule has 11 N–H and O–H groups in total. The summed E-state index contributed by atoms with van der Waals surface area (Å²) >= 11 is 0. The van der Waals surface area contributed by atoms with Crippen molar-refractivity contribution in [1.82, 2.24) is 31.6 Å². The molecule has 21 heteroatoms. The Labute approximate surface area is 325 Å². The van der Waals surface area contributed by atoms with Gasteiger partial charge in [0.15, 0.2) is 5.03 Å². The summed E-state index contributed by atoms with van der Waals surface area (Å²) in [7, 11) is 2.01. The number of amides is 7. The number of benzene rings is 1. The molecule has 0 radical (unpaired) electrons. The van der Waals surface area contributed by atoms with Crippen molar-refractivity contribution in [2.75, 3.05) is 12.3 Å². The molecule has 0 spiro atoms. The molecule has 5 atom stereocenters. The molecule has 19 nitrogen and oxygen atoms in total. The van der Waals surface area contributed by atoms with Crippen molar-refractivity contribution in [3.8, 4) is 0 Å². The molecule has 1 aromatic heterocycles. The summed E-state index contributed by atoms with van der Waals surface area (Å²) in [6, 6.07) is 5.80. The molecule has 0 saturated carbocycles. The maximum absolute atomic E-state index is 13.5. The van der Waals surface area contributed by atoms with Gasteiger partial charge >= 0.3 is 5.69 Å². The third-order valence-electron chi connectivity index (χ3n) is 7.80. The molecule has 0 aliphatic rings. The number of pyridine rings is 1. The average molecular weight is 805 g/mol. The van der Waals surface area contributed by atoms with E-state index in [0.717, 1.165) is 27.2 Å². The van der Waals surface area contributed by atoms with Crippen molar-refractivity contribution in [3.05, 3.63) is 64.3 Å². The Morgan fingerprint density at radius 1 is 0.800 bits per heavy atom. The Bertz CT molecular complexity index is 1680. The number of primary amides is 1. The zero-order valence-corrected chi connectivity index (χ0v) is 32.4. The van der Waals surface area contributed by atoms with Crippen LogP contribution in [0.4, 0.5) is 5.69 Å². The van der Waals surface area contributed by atoms with E-state index >= 15 is 0 Å². The van der Waals surface area contributed by atoms with Crippen LogP contribution in [0.1, 0.15) is 46.1 Å². The lowest BCUT2D eigenvalue weighted by molar-refractivity contribution is -0.388. The highest BCUT2D eigenvalue weighted by molar-refractivity contribution is 8.76. The van der Waals surface area contributed by atoms with Gasteiger partial charge in [-0.2, -0.15) is 0 Å². The molecule has 1 heterocycles. The number of nitrogens with zero attached hydrogens (tertiary/aromatic N) is 2. The molecule has 7 amide bonds. The van der Waals surface area contributed by atoms with E-state index in [1.165, 1.54) is 18.3 Å². The fourth-order valence-electron chi connectivity index (χ4n) is 4.74. The number of carbonyl (C=O) groups excluding carboxylic acids is 7. The summed E-state index contributed by atoms with van der Waals surface area (Å²) in [5, 5.41) is 23.4. The minimum Gasteiger partial charge on any atom is -0.370 e. The molecule has 0 saturated heterocycles. The predicted molar refractivity (Wildman–Crippen MR) is 205 cm³/mol. The van der Waals surface area contributed by atoms with E-state index in [4.69, 9.17) is 17.2 Å². The number of aromatic nitrogens is 1. The van der Waals surface area contributed by atoms with Gasteiger partial charge in [-0.15, -0.1) is 0 Å². The summed E-state index contributed by atoms with van der Waals surface area (Å²) in [5.74, 6) is -6.50. The molecule has 2 rings (SSSR count). The lowest BCUT2D eigenvalue weighted by Gasteiger charge is -2.28. The van der Waals surface area contributed by atoms with Gasteiger partial charge in [-0.3, -0.25) is 49.0 Å². The quantitative estimate of drug-likeness (QED) is 0.0420. The highest BCUT2D eigenvalue weighted by Gasteiger charge is 2.33. The van der Waals surface area contributed by atoms with Crippen LogP contribution in [0.2, 0.25) is 0 Å². The number of hydrogen-bond donors (Lipinski definition) is 8. The van der Waals surface area contributed by atoms with Crippen LogP contribution in [0.15, 0.2) is 53.7 Å². The topological polar surface area (TPSA) is 314 Å². The standard InChI is InChI=1S/C34H48N10O9S2/c1-18(2)27(32(50)41-26(46)16-39-29(47)22(36)17-54-55-34-24(44(52)53)11-8-14-38-34)43-33(51)28(19(3)4)42-31(49)23(12-13-25(37)45)40-30(48)21(35)15-20-9-6-5-7-10-20/h5-11,14,18-19,21-23,27-28H,12-13,15-17,35-36H2,1-4H3,(H2,37,45)(H,39,47)(H,40,48)(H,42,49)(H,43,51)(H,41,46,50)/t21-,22-,23-,27-,28-/m0/s1. The normalized spacial score (nSPS) is 13.7. The third kappa shape index (κ3) is 16.0. The molecule has 300 valence electrons. The number of nitro groups is 1. The minimum absolute atomic E-state index is 0.0137. The second-order valence-corrected chi connectivity index (χ2v) is 15.3. The van der Waals surface area contributed by atoms with Crippen LogP contribution >= 0.6 is 21.6 Å². The smallest absolute Gasteiger partial charge is 0.302 e. The van der Waals surface area contributed by atoms with Crippen LogP contribution in [0.5, 0.6) is 0 Å². The molecule has 0 aliphatic carbocycles. The van der Waals surface area contributed by atoms with E-state index < -0.39 is 94.9 Å². The number of imide groups is 1. The molecule has 2 aromatic rings. The summed E-state index contributed by atoms with van der Waals surface area (Å²) in [6.45, 7) is 5.87. The minimum atomic E-state index is -1.28. The lowest BCUT2D eigenvalue weighted by Crippen LogP contribution is -2.60. The number of nitrogens with two attached hydrogens (primary N) is 3. The first kappa shape index (κ1) is 46.0. The summed E-state index contributed by atoms with van der Waals surface area (Å²) in [4.78, 5) is 104. The van der Waals surface area contributed by atoms with Crippen molar-refractivity contribution < 1.29 is 38.5 Å². The predicted octanol–water partition coefficient (Wildman–Crippen LogP) is -0.582. The van der Waals surface area contributed by atoms with Crippen molar-refractivity contribution in [3.63, 3.8) is 0 Å². The SMILES string of the molecule is CC(C)[C@H](NC(=O)[C@H](CCC(N)=O)NC(=O)[C@@H](N)Cc1ccccc1)C(=O)N[C@H](C(=O)NC(=O)CNC(=O)[C@@H](N)CSSc1ncccc1[N+](=O)[O-])C(C)C. The van der Waals surface area contributed by atoms with Crippen LogP contribution in [-0.2, 0) is 40.0 Å². The van der Waals surface area contributed by atoms with Gasteiger partial charge in [-0.25, -0.2) is 4.98 Å². The summed E-state index contributed by atoms with van der Waals surface area (Å²) in [5.41, 5.74) is 17.8. The number of nitrogens with one attached hydrogen (secondary N) is 5. The first-order valence-electron chi connectivity index (χ1n) is 17.2. The van der Waals surface area contributed by atoms with Crippen molar-refractivity contribution >= 4 is 68.6 Å². The Hall–Kier alpha value is -5.12. The highest BCUT2D eigenvalue weighted by Crippen LogP contribution is 2.35. The van der Waals surface area contributed by atoms with Crippen LogP contribution in [0, 0.1) is 22.0 Å². The van der Waals surface area contributed by atoms with Crippen molar-refractivity contribution in [1.29, 1.82) is 0 Å². The highest BCUT2D eigenvalue weighted by atomic mass is 33.1. The molecular weight excluding hydrogens is 757 g/mol. The van der Waals surface area contributed by atoms with Gasteiger partial charge in [0, 0.05) is 24.4 Å². The van der Waals surface area contributed by atoms with Crippen molar-refractivity contribution in [2.24, 2.45) is 29.0 Å². The van der Waals surface area contributed by atoms with E-state index in [0.29, 0.717) is 0 Å². The van der Waals surface area contributed by atoms with Gasteiger partial charge in [-0.1, -0.05) is 68.8 Å². The molecule has 0 aliphatic heterocycles. The van der Waals surface area contributed by atoms with E-state index in [1.54, 1.807) is 52.0 Å². The molecule has 0 bridgehead atoms. The summed E-state index contributed by atoms with van der Waals surface area (Å²) < 4.78 is 0. The second-order valence-electron chi connectivity index (χ2n) is 13.0. The van der Waals surface area contributed by atoms with Gasteiger partial charge in [0.25, 0.3) is 0 Å². The van der Waals surface area contributed by atoms with Crippen LogP contribution in [-0.4, -0.2) is 93.8 Å². The van der Waals surface area contributed by atoms with Gasteiger partial charge in [0.1, 0.15) is 18.1 Å². The maximum atomic E-state index is 13.5. The first-order chi connectivity index (χ1) is 25.9. The average Bonchev–Trinajstić information content (AvgIpc) is 3.13. The largest absolute Gasteiger partial charge is 0.370 e. The van der Waals surface area contributed by atoms with Gasteiger partial charge < -0.3 is 38.5 Å². The van der Waals surface area contributed by atoms with Gasteiger partial charge in [-0.05, 0) is 47.1 Å². The van der Waals surface area contributed by atoms with Crippen molar-refractivity contribution in [2.45, 2.75) is 82.2 Å². The summed E-state index contributed by atoms with van der Waals surface area (Å²) in [6.07, 6.45) is 1.14. The van der Waals surface area contributed by atoms with E-state index in [-0.39, 0.29) is 35.7 Å². The Kier molecular flexibility index (Phi) is 19.2. The zero-order valence-electron chi connectivity index (χ0n) is 30.8. The van der Waals surface area contributed by atoms with Crippen LogP contribution in [0.25, 0.3) is 0 Å². The van der Waals surface area contributed by atoms with Crippen LogP contribution in [0.3, 0.4) is 0 Å². The number of carbonyl (C=O) groups is 7. The molecule has 0 fully saturated rings. The molecule has 1 aromatic carbocycles. The Morgan fingerprint density at radius 3 is 2.02 bits per heavy atom. The monoisotopic (exact) mass is 804 g/mol. The molecule has 55 heavy (non-hydrogen) atoms. The van der Waals surface area contributed by atoms with Gasteiger partial charge in [0.05, 0.1) is 23.6 Å². The lowest BCUT2D eigenvalue weighted by atomic mass is 9.99. The first-order valence-corrected chi connectivity index (χ1v) is 19.5. The van der Waals surface area contributed by atoms with E-state index in [1.807, 2.05) is 6.07 Å². The molecule has 0 unspecified atom stereocenters. The Morgan fingerprint density at radius 2 is 1.42 bits per heavy atom. The number of hydrogen-bond acceptors (Lipinski definition) is 14. The molecular formula is C34H48N10O9S2. The maximum Gasteiger partial charge on any atom is 0.302 e. The van der Waals surface area contributed by atoms with Crippen LogP contribution < -0.4 is 43.8 Å². The number of rotatable bonds is 22. The fraction of sp³-hybridized carbons (Fsp3) is 0.471.